The average molecular weight is 563 g/mol. The van der Waals surface area contributed by atoms with Crippen molar-refractivity contribution in [3.63, 3.8) is 0 Å². The summed E-state index contributed by atoms with van der Waals surface area (Å²) in [5, 5.41) is 6.75. The van der Waals surface area contributed by atoms with Crippen LogP contribution in [0.15, 0.2) is 71.1 Å². The predicted octanol–water partition coefficient (Wildman–Crippen LogP) is 4.75. The van der Waals surface area contributed by atoms with Crippen molar-refractivity contribution in [2.45, 2.75) is 34.2 Å². The molecule has 0 radical (unpaired) electrons. The fourth-order valence-electron chi connectivity index (χ4n) is 5.05. The number of nitrogens with two attached hydrogens (primary N) is 1. The van der Waals surface area contributed by atoms with Gasteiger partial charge in [-0.05, 0) is 68.7 Å². The fourth-order valence-corrected chi connectivity index (χ4v) is 5.05. The molecule has 214 valence electrons. The van der Waals surface area contributed by atoms with E-state index in [1.54, 1.807) is 24.1 Å². The Bertz CT molecular complexity index is 1800. The second kappa shape index (κ2) is 11.7. The highest BCUT2D eigenvalue weighted by Gasteiger charge is 2.31. The maximum absolute atomic E-state index is 13.6. The quantitative estimate of drug-likeness (QED) is 0.139. The Morgan fingerprint density at radius 1 is 1.19 bits per heavy atom. The van der Waals surface area contributed by atoms with Gasteiger partial charge in [0.1, 0.15) is 5.84 Å². The minimum absolute atomic E-state index is 0.0882. The van der Waals surface area contributed by atoms with E-state index in [0.717, 1.165) is 50.2 Å². The highest BCUT2D eigenvalue weighted by Crippen LogP contribution is 2.38. The molecule has 0 spiro atoms. The van der Waals surface area contributed by atoms with Gasteiger partial charge in [0.05, 0.1) is 23.4 Å². The van der Waals surface area contributed by atoms with Crippen LogP contribution in [-0.4, -0.2) is 46.2 Å². The third-order valence-electron chi connectivity index (χ3n) is 7.26. The van der Waals surface area contributed by atoms with Crippen LogP contribution < -0.4 is 21.3 Å². The van der Waals surface area contributed by atoms with E-state index in [1.165, 1.54) is 0 Å². The van der Waals surface area contributed by atoms with Crippen LogP contribution in [0.5, 0.6) is 0 Å². The Morgan fingerprint density at radius 3 is 2.74 bits per heavy atom. The van der Waals surface area contributed by atoms with Gasteiger partial charge in [0.2, 0.25) is 5.91 Å². The van der Waals surface area contributed by atoms with Crippen LogP contribution in [0.1, 0.15) is 47.8 Å². The number of para-hydroxylation sites is 1. The fraction of sp³-hybridized carbons (Fsp3) is 0.219. The second-order valence-corrected chi connectivity index (χ2v) is 10.2. The van der Waals surface area contributed by atoms with Crippen LogP contribution in [0.4, 0.5) is 11.6 Å². The first-order chi connectivity index (χ1) is 20.2. The van der Waals surface area contributed by atoms with Crippen molar-refractivity contribution in [1.82, 2.24) is 25.6 Å². The van der Waals surface area contributed by atoms with Gasteiger partial charge >= 0.3 is 0 Å². The van der Waals surface area contributed by atoms with Gasteiger partial charge in [0, 0.05) is 53.8 Å². The number of carbonyl (C=O) groups excluding carboxylic acids is 2. The molecule has 1 aliphatic heterocycles. The number of hydrogen-bond acceptors (Lipinski definition) is 6. The average Bonchev–Trinajstić information content (AvgIpc) is 3.56. The maximum Gasteiger partial charge on any atom is 0.259 e. The van der Waals surface area contributed by atoms with Crippen LogP contribution >= 0.6 is 0 Å². The minimum Gasteiger partial charge on any atom is -0.392 e. The molecule has 0 unspecified atom stereocenters. The molecule has 0 aliphatic carbocycles. The van der Waals surface area contributed by atoms with Crippen LogP contribution in [0, 0.1) is 6.92 Å². The molecule has 0 saturated carbocycles. The number of H-pyrrole nitrogens is 1. The summed E-state index contributed by atoms with van der Waals surface area (Å²) in [6, 6.07) is 11.5. The van der Waals surface area contributed by atoms with Gasteiger partial charge in [-0.25, -0.2) is 9.97 Å². The first-order valence-electron chi connectivity index (χ1n) is 13.8. The number of fused-ring (bicyclic) bond motifs is 2. The number of nitrogens with one attached hydrogen (secondary N) is 3. The number of amides is 2. The van der Waals surface area contributed by atoms with E-state index in [4.69, 9.17) is 10.7 Å². The molecule has 10 nitrogen and oxygen atoms in total. The molecule has 2 aromatic carbocycles. The topological polar surface area (TPSA) is 141 Å². The Hall–Kier alpha value is -5.25. The van der Waals surface area contributed by atoms with Crippen molar-refractivity contribution in [2.24, 2.45) is 10.7 Å². The molecule has 4 aromatic rings. The molecule has 10 heteroatoms. The van der Waals surface area contributed by atoms with E-state index in [9.17, 15) is 9.59 Å². The molecule has 0 bridgehead atoms. The molecule has 2 aromatic heterocycles. The lowest BCUT2D eigenvalue weighted by Gasteiger charge is -2.17. The van der Waals surface area contributed by atoms with Crippen molar-refractivity contribution in [3.8, 4) is 11.3 Å². The molecule has 0 saturated heterocycles. The van der Waals surface area contributed by atoms with Gasteiger partial charge in [0.15, 0.2) is 0 Å². The number of rotatable bonds is 8. The Balaban J connectivity index is 1.52. The van der Waals surface area contributed by atoms with E-state index in [0.29, 0.717) is 30.1 Å². The lowest BCUT2D eigenvalue weighted by atomic mass is 10.0. The molecular weight excluding hydrogens is 528 g/mol. The normalized spacial score (nSPS) is 14.0. The lowest BCUT2D eigenvalue weighted by Crippen LogP contribution is -2.23. The Morgan fingerprint density at radius 2 is 1.98 bits per heavy atom. The molecule has 2 amide bonds. The molecule has 5 N–H and O–H groups in total. The predicted molar refractivity (Wildman–Crippen MR) is 167 cm³/mol. The van der Waals surface area contributed by atoms with Crippen LogP contribution in [-0.2, 0) is 11.3 Å². The van der Waals surface area contributed by atoms with Crippen molar-refractivity contribution < 1.29 is 9.59 Å². The molecule has 0 atom stereocenters. The van der Waals surface area contributed by atoms with Crippen LogP contribution in [0.3, 0.4) is 0 Å². The standard InChI is InChI=1S/C32H34N8O2/c1-6-35-30(41)18(2)13-21-9-7-11-23-25(21)17-40(31(23)42)26-12-8-10-22-24(16-36-29(22)26)28-19(3)15-37-32(39-28)38-27(33)14-20(4)34-5/h7-16,34,36H,6,17H2,1-5H3,(H,35,41)(H2,33,37,38,39)/b18-13+,20-14-. The number of aromatic amines is 1. The zero-order valence-corrected chi connectivity index (χ0v) is 24.4. The van der Waals surface area contributed by atoms with Gasteiger partial charge in [-0.3, -0.25) is 9.59 Å². The SMILES string of the molecule is CCNC(=O)/C(C)=C/c1cccc2c1CN(c1cccc3c(-c4nc(/N=C(N)\C=C(\C)NC)ncc4C)c[nH]c13)C2=O. The number of carbonyl (C=O) groups is 2. The smallest absolute Gasteiger partial charge is 0.259 e. The third kappa shape index (κ3) is 5.38. The number of aliphatic imine (C=N–C) groups is 1. The highest BCUT2D eigenvalue weighted by molar-refractivity contribution is 6.15. The molecule has 42 heavy (non-hydrogen) atoms. The maximum atomic E-state index is 13.6. The van der Waals surface area contributed by atoms with E-state index in [-0.39, 0.29) is 17.8 Å². The number of anilines is 1. The molecule has 1 aliphatic rings. The van der Waals surface area contributed by atoms with Gasteiger partial charge in [0.25, 0.3) is 11.9 Å². The number of benzene rings is 2. The number of aromatic nitrogens is 3. The third-order valence-corrected chi connectivity index (χ3v) is 7.26. The minimum atomic E-state index is -0.124. The number of likely N-dealkylation sites (N-methyl/N-ethyl adjacent to an activating group) is 1. The van der Waals surface area contributed by atoms with Crippen LogP contribution in [0.25, 0.3) is 28.2 Å². The van der Waals surface area contributed by atoms with Crippen molar-refractivity contribution in [3.05, 3.63) is 88.4 Å². The van der Waals surface area contributed by atoms with Crippen molar-refractivity contribution in [1.29, 1.82) is 0 Å². The summed E-state index contributed by atoms with van der Waals surface area (Å²) in [4.78, 5) is 44.5. The zero-order valence-electron chi connectivity index (χ0n) is 24.4. The monoisotopic (exact) mass is 562 g/mol. The van der Waals surface area contributed by atoms with E-state index >= 15 is 0 Å². The van der Waals surface area contributed by atoms with Gasteiger partial charge in [-0.1, -0.05) is 24.3 Å². The molecule has 0 fully saturated rings. The van der Waals surface area contributed by atoms with Crippen LogP contribution in [0.2, 0.25) is 0 Å². The molecule has 5 rings (SSSR count). The number of allylic oxidation sites excluding steroid dienone is 1. The van der Waals surface area contributed by atoms with Crippen molar-refractivity contribution >= 4 is 46.3 Å². The second-order valence-electron chi connectivity index (χ2n) is 10.2. The Kier molecular flexibility index (Phi) is 7.88. The first-order valence-corrected chi connectivity index (χ1v) is 13.8. The van der Waals surface area contributed by atoms with E-state index < -0.39 is 0 Å². The van der Waals surface area contributed by atoms with Gasteiger partial charge in [-0.2, -0.15) is 4.99 Å². The summed E-state index contributed by atoms with van der Waals surface area (Å²) in [5.41, 5.74) is 14.0. The summed E-state index contributed by atoms with van der Waals surface area (Å²) < 4.78 is 0. The number of aryl methyl sites for hydroxylation is 1. The summed E-state index contributed by atoms with van der Waals surface area (Å²) >= 11 is 0. The molecule has 3 heterocycles. The van der Waals surface area contributed by atoms with Gasteiger partial charge in [-0.15, -0.1) is 0 Å². The van der Waals surface area contributed by atoms with Crippen molar-refractivity contribution in [2.75, 3.05) is 18.5 Å². The van der Waals surface area contributed by atoms with E-state index in [1.807, 2.05) is 76.5 Å². The first kappa shape index (κ1) is 28.3. The van der Waals surface area contributed by atoms with Gasteiger partial charge < -0.3 is 26.3 Å². The largest absolute Gasteiger partial charge is 0.392 e. The highest BCUT2D eigenvalue weighted by atomic mass is 16.2. The summed E-state index contributed by atoms with van der Waals surface area (Å²) in [6.07, 6.45) is 7.18. The summed E-state index contributed by atoms with van der Waals surface area (Å²) in [5.74, 6) is 0.337. The summed E-state index contributed by atoms with van der Waals surface area (Å²) in [6.45, 7) is 8.44. The zero-order chi connectivity index (χ0) is 30.0. The van der Waals surface area contributed by atoms with E-state index in [2.05, 4.69) is 25.6 Å². The summed E-state index contributed by atoms with van der Waals surface area (Å²) in [7, 11) is 1.81. The molecular formula is C32H34N8O2. The number of nitrogens with zero attached hydrogens (tertiary/aromatic N) is 4. The lowest BCUT2D eigenvalue weighted by molar-refractivity contribution is -0.117. The number of hydrogen-bond donors (Lipinski definition) is 4. The number of amidine groups is 1. The Labute approximate surface area is 244 Å².